The highest BCUT2D eigenvalue weighted by molar-refractivity contribution is 7.47. The van der Waals surface area contributed by atoms with Crippen molar-refractivity contribution in [3.05, 3.63) is 122 Å². The van der Waals surface area contributed by atoms with Gasteiger partial charge in [0.15, 0.2) is 6.10 Å². The number of phosphoric ester groups is 1. The third-order valence-electron chi connectivity index (χ3n) is 13.8. The summed E-state index contributed by atoms with van der Waals surface area (Å²) in [7, 11) is -4.41. The summed E-state index contributed by atoms with van der Waals surface area (Å²) in [5.41, 5.74) is 5.39. The van der Waals surface area contributed by atoms with E-state index >= 15 is 0 Å². The Bertz CT molecular complexity index is 1740. The van der Waals surface area contributed by atoms with Crippen molar-refractivity contribution in [1.29, 1.82) is 0 Å². The summed E-state index contributed by atoms with van der Waals surface area (Å²) >= 11 is 0. The minimum Gasteiger partial charge on any atom is -0.462 e. The number of carbonyl (C=O) groups excluding carboxylic acids is 2. The maximum Gasteiger partial charge on any atom is 0.472 e. The molecule has 0 radical (unpaired) electrons. The average Bonchev–Trinajstić information content (AvgIpc) is 3.46. The zero-order valence-electron chi connectivity index (χ0n) is 52.0. The van der Waals surface area contributed by atoms with Crippen molar-refractivity contribution in [3.63, 3.8) is 0 Å². The Morgan fingerprint density at radius 3 is 0.975 bits per heavy atom. The van der Waals surface area contributed by atoms with E-state index in [4.69, 9.17) is 24.3 Å². The Morgan fingerprint density at radius 2 is 0.642 bits per heavy atom. The van der Waals surface area contributed by atoms with Crippen molar-refractivity contribution in [1.82, 2.24) is 0 Å². The molecule has 10 heteroatoms. The molecular formula is C71H122NO8P. The van der Waals surface area contributed by atoms with E-state index < -0.39 is 32.5 Å². The van der Waals surface area contributed by atoms with E-state index in [9.17, 15) is 19.0 Å². The number of hydrogen-bond donors (Lipinski definition) is 2. The van der Waals surface area contributed by atoms with Crippen LogP contribution in [0.2, 0.25) is 0 Å². The lowest BCUT2D eigenvalue weighted by Gasteiger charge is -2.19. The minimum absolute atomic E-state index is 0.0419. The molecule has 0 aromatic carbocycles. The first-order chi connectivity index (χ1) is 39.8. The molecule has 464 valence electrons. The number of allylic oxidation sites excluding steroid dienone is 20. The van der Waals surface area contributed by atoms with Gasteiger partial charge in [0, 0.05) is 19.4 Å². The van der Waals surface area contributed by atoms with E-state index in [2.05, 4.69) is 135 Å². The van der Waals surface area contributed by atoms with E-state index in [0.29, 0.717) is 6.42 Å². The van der Waals surface area contributed by atoms with Gasteiger partial charge >= 0.3 is 19.8 Å². The number of ether oxygens (including phenoxy) is 2. The lowest BCUT2D eigenvalue weighted by molar-refractivity contribution is -0.161. The van der Waals surface area contributed by atoms with Gasteiger partial charge < -0.3 is 20.1 Å². The molecule has 0 rings (SSSR count). The van der Waals surface area contributed by atoms with Crippen LogP contribution in [0.1, 0.15) is 284 Å². The number of unbranched alkanes of at least 4 members (excludes halogenated alkanes) is 28. The molecule has 0 saturated heterocycles. The number of nitrogens with two attached hydrogens (primary N) is 1. The molecule has 0 spiro atoms. The van der Waals surface area contributed by atoms with Crippen LogP contribution >= 0.6 is 7.82 Å². The molecule has 2 unspecified atom stereocenters. The lowest BCUT2D eigenvalue weighted by Crippen LogP contribution is -2.29. The molecular weight excluding hydrogens is 1030 g/mol. The van der Waals surface area contributed by atoms with Crippen LogP contribution in [0.3, 0.4) is 0 Å². The van der Waals surface area contributed by atoms with Gasteiger partial charge in [-0.05, 0) is 103 Å². The third kappa shape index (κ3) is 65.4. The molecule has 0 aromatic rings. The smallest absolute Gasteiger partial charge is 0.462 e. The molecule has 0 aliphatic heterocycles. The molecule has 3 N–H and O–H groups in total. The predicted molar refractivity (Wildman–Crippen MR) is 348 cm³/mol. The van der Waals surface area contributed by atoms with Crippen molar-refractivity contribution in [2.24, 2.45) is 5.73 Å². The first-order valence-electron chi connectivity index (χ1n) is 33.0. The van der Waals surface area contributed by atoms with E-state index in [1.54, 1.807) is 0 Å². The van der Waals surface area contributed by atoms with Gasteiger partial charge in [0.2, 0.25) is 0 Å². The second-order valence-electron chi connectivity index (χ2n) is 21.6. The molecule has 0 aliphatic rings. The van der Waals surface area contributed by atoms with Crippen LogP contribution in [0.25, 0.3) is 0 Å². The van der Waals surface area contributed by atoms with Crippen LogP contribution < -0.4 is 5.73 Å². The maximum absolute atomic E-state index is 12.7. The number of phosphoric acid groups is 1. The van der Waals surface area contributed by atoms with Crippen LogP contribution in [0.15, 0.2) is 122 Å². The Balaban J connectivity index is 3.85. The minimum atomic E-state index is -4.41. The molecule has 0 saturated carbocycles. The summed E-state index contributed by atoms with van der Waals surface area (Å²) in [4.78, 5) is 35.2. The monoisotopic (exact) mass is 1150 g/mol. The van der Waals surface area contributed by atoms with E-state index in [1.807, 2.05) is 0 Å². The topological polar surface area (TPSA) is 134 Å². The molecule has 0 heterocycles. The summed E-state index contributed by atoms with van der Waals surface area (Å²) in [5, 5.41) is 0. The van der Waals surface area contributed by atoms with Gasteiger partial charge in [0.25, 0.3) is 0 Å². The van der Waals surface area contributed by atoms with Gasteiger partial charge in [-0.25, -0.2) is 4.57 Å². The van der Waals surface area contributed by atoms with Crippen LogP contribution in [-0.2, 0) is 32.7 Å². The molecule has 0 amide bonds. The zero-order chi connectivity index (χ0) is 58.7. The summed E-state index contributed by atoms with van der Waals surface area (Å²) in [6.45, 7) is 3.48. The lowest BCUT2D eigenvalue weighted by atomic mass is 10.0. The van der Waals surface area contributed by atoms with Crippen molar-refractivity contribution in [2.45, 2.75) is 290 Å². The highest BCUT2D eigenvalue weighted by Gasteiger charge is 2.26. The zero-order valence-corrected chi connectivity index (χ0v) is 52.9. The fraction of sp³-hybridized carbons (Fsp3) is 0.690. The second-order valence-corrected chi connectivity index (χ2v) is 23.0. The number of esters is 2. The van der Waals surface area contributed by atoms with Crippen LogP contribution in [-0.4, -0.2) is 49.3 Å². The molecule has 2 atom stereocenters. The van der Waals surface area contributed by atoms with Crippen LogP contribution in [0, 0.1) is 0 Å². The largest absolute Gasteiger partial charge is 0.472 e. The summed E-state index contributed by atoms with van der Waals surface area (Å²) in [6.07, 6.45) is 91.6. The van der Waals surface area contributed by atoms with Gasteiger partial charge in [0.1, 0.15) is 6.61 Å². The van der Waals surface area contributed by atoms with E-state index in [-0.39, 0.29) is 32.6 Å². The van der Waals surface area contributed by atoms with Gasteiger partial charge in [-0.1, -0.05) is 289 Å². The molecule has 0 aliphatic carbocycles. The maximum atomic E-state index is 12.7. The van der Waals surface area contributed by atoms with Gasteiger partial charge in [-0.15, -0.1) is 0 Å². The predicted octanol–water partition coefficient (Wildman–Crippen LogP) is 21.5. The quantitative estimate of drug-likeness (QED) is 0.0264. The first-order valence-corrected chi connectivity index (χ1v) is 34.5. The number of hydrogen-bond acceptors (Lipinski definition) is 8. The Hall–Kier alpha value is -3.59. The summed E-state index contributed by atoms with van der Waals surface area (Å²) in [5.74, 6) is -0.876. The van der Waals surface area contributed by atoms with Gasteiger partial charge in [-0.3, -0.25) is 18.6 Å². The van der Waals surface area contributed by atoms with Crippen LogP contribution in [0.5, 0.6) is 0 Å². The van der Waals surface area contributed by atoms with Gasteiger partial charge in [-0.2, -0.15) is 0 Å². The second kappa shape index (κ2) is 65.6. The van der Waals surface area contributed by atoms with E-state index in [1.165, 1.54) is 154 Å². The van der Waals surface area contributed by atoms with Crippen molar-refractivity contribution < 1.29 is 37.6 Å². The third-order valence-corrected chi connectivity index (χ3v) is 14.8. The molecule has 0 bridgehead atoms. The average molecular weight is 1150 g/mol. The SMILES string of the molecule is CC/C=C\C/C=C\C/C=C\C/C=C\C/C=C\C/C=C\CCCCC(=O)OC(COC(=O)CCCCCCCCCCCCCCCCCCCCCCCCCCCC/C=C\C/C=C\C/C=C\C/C=C\CC)COP(=O)(O)OCCN. The Labute approximate surface area is 498 Å². The molecule has 9 nitrogen and oxygen atoms in total. The van der Waals surface area contributed by atoms with Crippen molar-refractivity contribution in [3.8, 4) is 0 Å². The van der Waals surface area contributed by atoms with E-state index in [0.717, 1.165) is 96.3 Å². The number of rotatable bonds is 61. The fourth-order valence-corrected chi connectivity index (χ4v) is 9.81. The van der Waals surface area contributed by atoms with Gasteiger partial charge in [0.05, 0.1) is 13.2 Å². The normalized spacial score (nSPS) is 13.8. The molecule has 81 heavy (non-hydrogen) atoms. The standard InChI is InChI=1S/C71H122NO8P/c1-3-5-7-9-11-13-15-17-19-21-23-25-26-27-28-29-30-31-32-33-34-35-36-37-38-39-40-41-42-44-45-47-49-51-53-55-57-59-61-63-70(73)77-67-69(68-79-81(75,76)78-66-65-72)80-71(74)64-62-60-58-56-54-52-50-48-46-43-24-22-20-18-16-14-12-10-8-6-4-2/h5-8,11-14,17-20,23-25,43,48,50,54,56,69H,3-4,9-10,15-16,21-22,26-42,44-47,49,51-53,55,57-68,72H2,1-2H3,(H,75,76)/b7-5-,8-6-,13-11-,14-12-,19-17-,20-18-,25-23-,43-24-,50-48-,56-54-. The fourth-order valence-electron chi connectivity index (χ4n) is 9.04. The Kier molecular flexibility index (Phi) is 62.7. The molecule has 0 aromatic heterocycles. The van der Waals surface area contributed by atoms with Crippen molar-refractivity contribution >= 4 is 19.8 Å². The van der Waals surface area contributed by atoms with Crippen LogP contribution in [0.4, 0.5) is 0 Å². The summed E-state index contributed by atoms with van der Waals surface area (Å²) in [6, 6.07) is 0. The highest BCUT2D eigenvalue weighted by atomic mass is 31.2. The summed E-state index contributed by atoms with van der Waals surface area (Å²) < 4.78 is 33.0. The number of carbonyl (C=O) groups is 2. The first kappa shape index (κ1) is 77.4. The highest BCUT2D eigenvalue weighted by Crippen LogP contribution is 2.43. The van der Waals surface area contributed by atoms with Crippen molar-refractivity contribution in [2.75, 3.05) is 26.4 Å². The molecule has 0 fully saturated rings. The Morgan fingerprint density at radius 1 is 0.370 bits per heavy atom.